The third kappa shape index (κ3) is 3.58. The maximum atomic E-state index is 13.7. The van der Waals surface area contributed by atoms with Crippen molar-refractivity contribution in [2.75, 3.05) is 27.3 Å². The lowest BCUT2D eigenvalue weighted by Gasteiger charge is -2.58. The summed E-state index contributed by atoms with van der Waals surface area (Å²) in [6, 6.07) is 19.8. The third-order valence-electron chi connectivity index (χ3n) is 7.56. The molecule has 8 rings (SSSR count). The number of rotatable bonds is 8. The van der Waals surface area contributed by atoms with Crippen LogP contribution in [0, 0.1) is 11.8 Å². The topological polar surface area (TPSA) is 59.1 Å². The molecule has 1 fully saturated rings. The Hall–Kier alpha value is -3.22. The van der Waals surface area contributed by atoms with Gasteiger partial charge in [-0.1, -0.05) is 85.0 Å². The second-order valence-electron chi connectivity index (χ2n) is 9.41. The van der Waals surface area contributed by atoms with E-state index in [1.807, 2.05) is 85.0 Å². The number of carbonyl (C=O) groups is 2. The first kappa shape index (κ1) is 22.6. The molecule has 0 saturated carbocycles. The van der Waals surface area contributed by atoms with Gasteiger partial charge in [0.25, 0.3) is 0 Å². The lowest BCUT2D eigenvalue weighted by molar-refractivity contribution is -0.167. The van der Waals surface area contributed by atoms with Crippen molar-refractivity contribution >= 4 is 11.8 Å². The minimum Gasteiger partial charge on any atom is -0.374 e. The second kappa shape index (κ2) is 8.85. The van der Waals surface area contributed by atoms with Crippen LogP contribution in [0.2, 0.25) is 0 Å². The SMILES string of the molecule is CN1C(=O)[C@H]2C=C[C@]1(COCc1ccccc1)[C@H]1C=C[C@]2(COCc2ccccc2)N(C)C1=O. The van der Waals surface area contributed by atoms with E-state index in [0.717, 1.165) is 11.1 Å². The largest absolute Gasteiger partial charge is 0.374 e. The smallest absolute Gasteiger partial charge is 0.232 e. The van der Waals surface area contributed by atoms with Crippen molar-refractivity contribution in [3.63, 3.8) is 0 Å². The van der Waals surface area contributed by atoms with Gasteiger partial charge in [-0.3, -0.25) is 9.59 Å². The van der Waals surface area contributed by atoms with E-state index >= 15 is 0 Å². The summed E-state index contributed by atoms with van der Waals surface area (Å²) in [5.41, 5.74) is 0.380. The molecule has 5 heterocycles. The summed E-state index contributed by atoms with van der Waals surface area (Å²) >= 11 is 0. The summed E-state index contributed by atoms with van der Waals surface area (Å²) in [7, 11) is 3.57. The molecule has 0 radical (unpaired) electrons. The number of hydrogen-bond donors (Lipinski definition) is 0. The molecule has 0 aromatic heterocycles. The molecular formula is C28H30N2O4. The van der Waals surface area contributed by atoms with E-state index in [4.69, 9.17) is 9.47 Å². The molecule has 6 heteroatoms. The van der Waals surface area contributed by atoms with E-state index in [0.29, 0.717) is 13.2 Å². The van der Waals surface area contributed by atoms with Crippen molar-refractivity contribution in [1.82, 2.24) is 9.80 Å². The Kier molecular flexibility index (Phi) is 5.88. The molecule has 0 N–H and O–H groups in total. The number of nitrogens with zero attached hydrogens (tertiary/aromatic N) is 2. The Labute approximate surface area is 200 Å². The molecule has 2 amide bonds. The van der Waals surface area contributed by atoms with Crippen LogP contribution in [0.3, 0.4) is 0 Å². The van der Waals surface area contributed by atoms with Crippen molar-refractivity contribution < 1.29 is 19.1 Å². The second-order valence-corrected chi connectivity index (χ2v) is 9.41. The van der Waals surface area contributed by atoms with E-state index in [-0.39, 0.29) is 25.0 Å². The number of benzene rings is 2. The third-order valence-corrected chi connectivity index (χ3v) is 7.56. The first-order chi connectivity index (χ1) is 16.5. The highest BCUT2D eigenvalue weighted by Crippen LogP contribution is 2.47. The van der Waals surface area contributed by atoms with Crippen LogP contribution in [-0.4, -0.2) is 60.0 Å². The van der Waals surface area contributed by atoms with Gasteiger partial charge in [-0.05, 0) is 11.1 Å². The van der Waals surface area contributed by atoms with Gasteiger partial charge in [0.1, 0.15) is 0 Å². The molecule has 0 spiro atoms. The monoisotopic (exact) mass is 458 g/mol. The molecule has 34 heavy (non-hydrogen) atoms. The zero-order valence-electron chi connectivity index (χ0n) is 19.6. The number of hydrogen-bond acceptors (Lipinski definition) is 4. The molecule has 5 aliphatic heterocycles. The van der Waals surface area contributed by atoms with Crippen LogP contribution in [-0.2, 0) is 32.3 Å². The Balaban J connectivity index is 1.41. The minimum atomic E-state index is -0.859. The Morgan fingerprint density at radius 2 is 1.06 bits per heavy atom. The van der Waals surface area contributed by atoms with E-state index in [9.17, 15) is 9.59 Å². The first-order valence-corrected chi connectivity index (χ1v) is 11.7. The first-order valence-electron chi connectivity index (χ1n) is 11.7. The van der Waals surface area contributed by atoms with Gasteiger partial charge in [-0.15, -0.1) is 0 Å². The molecule has 1 saturated heterocycles. The molecular weight excluding hydrogens is 428 g/mol. The number of carbonyl (C=O) groups excluding carboxylic acids is 2. The summed E-state index contributed by atoms with van der Waals surface area (Å²) in [5.74, 6) is -1.10. The van der Waals surface area contributed by atoms with E-state index in [2.05, 4.69) is 0 Å². The minimum absolute atomic E-state index is 0.0252. The molecule has 6 aliphatic rings. The van der Waals surface area contributed by atoms with Gasteiger partial charge in [0, 0.05) is 14.1 Å². The predicted molar refractivity (Wildman–Crippen MR) is 128 cm³/mol. The zero-order valence-corrected chi connectivity index (χ0v) is 19.6. The quantitative estimate of drug-likeness (QED) is 0.570. The summed E-state index contributed by atoms with van der Waals surface area (Å²) in [5, 5.41) is 0. The molecule has 1 aliphatic carbocycles. The van der Waals surface area contributed by atoms with Gasteiger partial charge in [-0.2, -0.15) is 0 Å². The number of ether oxygens (including phenoxy) is 2. The number of amides is 2. The van der Waals surface area contributed by atoms with Gasteiger partial charge >= 0.3 is 0 Å². The van der Waals surface area contributed by atoms with Crippen LogP contribution < -0.4 is 0 Å². The van der Waals surface area contributed by atoms with E-state index < -0.39 is 22.9 Å². The lowest BCUT2D eigenvalue weighted by atomic mass is 9.66. The van der Waals surface area contributed by atoms with Crippen LogP contribution in [0.5, 0.6) is 0 Å². The molecule has 4 atom stereocenters. The van der Waals surface area contributed by atoms with Crippen molar-refractivity contribution in [3.8, 4) is 0 Å². The fourth-order valence-electron chi connectivity index (χ4n) is 5.41. The van der Waals surface area contributed by atoms with Crippen molar-refractivity contribution in [3.05, 3.63) is 96.1 Å². The summed E-state index contributed by atoms with van der Waals surface area (Å²) in [6.45, 7) is 1.30. The van der Waals surface area contributed by atoms with Crippen LogP contribution in [0.1, 0.15) is 11.1 Å². The highest BCUT2D eigenvalue weighted by Gasteiger charge is 2.61. The van der Waals surface area contributed by atoms with Gasteiger partial charge < -0.3 is 19.3 Å². The average Bonchev–Trinajstić information content (AvgIpc) is 2.85. The molecule has 2 aromatic carbocycles. The van der Waals surface area contributed by atoms with E-state index in [1.54, 1.807) is 23.9 Å². The maximum Gasteiger partial charge on any atom is 0.232 e. The zero-order chi connectivity index (χ0) is 23.8. The Morgan fingerprint density at radius 1 is 0.676 bits per heavy atom. The maximum absolute atomic E-state index is 13.7. The summed E-state index contributed by atoms with van der Waals surface area (Å²) in [6.07, 6.45) is 7.93. The molecule has 176 valence electrons. The van der Waals surface area contributed by atoms with Gasteiger partial charge in [0.2, 0.25) is 11.8 Å². The Bertz CT molecular complexity index is 1030. The van der Waals surface area contributed by atoms with Gasteiger partial charge in [0.05, 0.1) is 49.3 Å². The standard InChI is InChI=1S/C28H30N2O4/c1-29-25(31)23-13-15-27(29,19-33-17-21-9-5-3-6-10-21)24-14-16-28(23,30(2)26(24)32)20-34-18-22-11-7-4-8-12-22/h3-16,23-24H,17-20H2,1-2H3/t23-,24+,27+,28-. The van der Waals surface area contributed by atoms with E-state index in [1.165, 1.54) is 0 Å². The lowest BCUT2D eigenvalue weighted by Crippen LogP contribution is -2.73. The van der Waals surface area contributed by atoms with Crippen LogP contribution in [0.25, 0.3) is 0 Å². The molecule has 6 nitrogen and oxygen atoms in total. The summed E-state index contributed by atoms with van der Waals surface area (Å²) < 4.78 is 12.2. The Morgan fingerprint density at radius 3 is 1.44 bits per heavy atom. The normalized spacial score (nSPS) is 29.6. The van der Waals surface area contributed by atoms with Crippen molar-refractivity contribution in [2.24, 2.45) is 11.8 Å². The highest BCUT2D eigenvalue weighted by atomic mass is 16.5. The van der Waals surface area contributed by atoms with Crippen molar-refractivity contribution in [1.29, 1.82) is 0 Å². The van der Waals surface area contributed by atoms with Gasteiger partial charge in [-0.25, -0.2) is 0 Å². The molecule has 2 aromatic rings. The molecule has 4 bridgehead atoms. The fourth-order valence-corrected chi connectivity index (χ4v) is 5.41. The van der Waals surface area contributed by atoms with Gasteiger partial charge in [0.15, 0.2) is 0 Å². The van der Waals surface area contributed by atoms with Crippen LogP contribution in [0.4, 0.5) is 0 Å². The highest BCUT2D eigenvalue weighted by molar-refractivity contribution is 5.93. The summed E-state index contributed by atoms with van der Waals surface area (Å²) in [4.78, 5) is 30.8. The fraction of sp³-hybridized carbons (Fsp3) is 0.357. The number of likely N-dealkylation sites (N-methyl/N-ethyl adjacent to an activating group) is 2. The van der Waals surface area contributed by atoms with Crippen LogP contribution in [0.15, 0.2) is 85.0 Å². The van der Waals surface area contributed by atoms with Crippen molar-refractivity contribution in [2.45, 2.75) is 24.3 Å². The predicted octanol–water partition coefficient (Wildman–Crippen LogP) is 3.20. The van der Waals surface area contributed by atoms with Crippen LogP contribution >= 0.6 is 0 Å². The molecule has 0 unspecified atom stereocenters. The average molecular weight is 459 g/mol.